The summed E-state index contributed by atoms with van der Waals surface area (Å²) in [5.41, 5.74) is -0.415. The zero-order valence-electron chi connectivity index (χ0n) is 10.6. The molecular weight excluding hydrogens is 279 g/mol. The van der Waals surface area contributed by atoms with Gasteiger partial charge in [0.25, 0.3) is 5.56 Å². The fraction of sp³-hybridized carbons (Fsp3) is 0.0769. The molecule has 2 aromatic heterocycles. The number of nitrogens with zero attached hydrogens (tertiary/aromatic N) is 4. The Morgan fingerprint density at radius 1 is 1.29 bits per heavy atom. The van der Waals surface area contributed by atoms with E-state index in [-0.39, 0.29) is 18.1 Å². The van der Waals surface area contributed by atoms with Gasteiger partial charge in [0, 0.05) is 6.20 Å². The number of halogens is 1. The lowest BCUT2D eigenvalue weighted by atomic mass is 10.2. The fourth-order valence-electron chi connectivity index (χ4n) is 2.01. The normalized spacial score (nSPS) is 10.9. The molecule has 0 saturated heterocycles. The van der Waals surface area contributed by atoms with Gasteiger partial charge in [-0.25, -0.2) is 9.18 Å². The van der Waals surface area contributed by atoms with E-state index in [0.717, 1.165) is 10.1 Å². The Bertz CT molecular complexity index is 883. The van der Waals surface area contributed by atoms with Gasteiger partial charge >= 0.3 is 5.97 Å². The van der Waals surface area contributed by atoms with Crippen molar-refractivity contribution in [3.05, 3.63) is 64.1 Å². The SMILES string of the molecule is O=C(O)c1cn(Cc2ccc(F)cc2)c2ncnn2c1=O. The van der Waals surface area contributed by atoms with Gasteiger partial charge in [0.1, 0.15) is 17.7 Å². The minimum Gasteiger partial charge on any atom is -0.477 e. The van der Waals surface area contributed by atoms with E-state index in [9.17, 15) is 14.0 Å². The van der Waals surface area contributed by atoms with E-state index in [1.54, 1.807) is 12.1 Å². The van der Waals surface area contributed by atoms with Crippen LogP contribution in [0.5, 0.6) is 0 Å². The van der Waals surface area contributed by atoms with Crippen molar-refractivity contribution in [3.8, 4) is 0 Å². The van der Waals surface area contributed by atoms with Gasteiger partial charge in [-0.05, 0) is 17.7 Å². The molecule has 0 radical (unpaired) electrons. The van der Waals surface area contributed by atoms with Crippen LogP contribution in [0, 0.1) is 5.82 Å². The standard InChI is InChI=1S/C13H9FN4O3/c14-9-3-1-8(2-4-9)5-17-6-10(12(20)21)11(19)18-13(17)15-7-16-18/h1-4,6-7H,5H2,(H,20,21). The third-order valence-electron chi connectivity index (χ3n) is 2.99. The predicted molar refractivity (Wildman–Crippen MR) is 69.7 cm³/mol. The summed E-state index contributed by atoms with van der Waals surface area (Å²) in [4.78, 5) is 27.0. The van der Waals surface area contributed by atoms with Crippen LogP contribution in [0.1, 0.15) is 15.9 Å². The molecule has 0 unspecified atom stereocenters. The molecule has 1 N–H and O–H groups in total. The lowest BCUT2D eigenvalue weighted by Gasteiger charge is -2.09. The van der Waals surface area contributed by atoms with Gasteiger partial charge in [0.15, 0.2) is 0 Å². The summed E-state index contributed by atoms with van der Waals surface area (Å²) >= 11 is 0. The molecule has 0 saturated carbocycles. The number of fused-ring (bicyclic) bond motifs is 1. The predicted octanol–water partition coefficient (Wildman–Crippen LogP) is 0.777. The first kappa shape index (κ1) is 13.0. The highest BCUT2D eigenvalue weighted by Gasteiger charge is 2.16. The largest absolute Gasteiger partial charge is 0.477 e. The summed E-state index contributed by atoms with van der Waals surface area (Å²) in [5, 5.41) is 12.8. The molecule has 0 aliphatic heterocycles. The molecule has 0 aliphatic carbocycles. The van der Waals surface area contributed by atoms with E-state index in [4.69, 9.17) is 5.11 Å². The van der Waals surface area contributed by atoms with Crippen LogP contribution in [0.3, 0.4) is 0 Å². The number of aromatic nitrogens is 4. The molecular formula is C13H9FN4O3. The van der Waals surface area contributed by atoms with Crippen LogP contribution >= 0.6 is 0 Å². The number of aromatic carboxylic acids is 1. The molecule has 3 aromatic rings. The summed E-state index contributed by atoms with van der Waals surface area (Å²) < 4.78 is 15.3. The maximum absolute atomic E-state index is 12.9. The van der Waals surface area contributed by atoms with Crippen LogP contribution < -0.4 is 5.56 Å². The second-order valence-corrected chi connectivity index (χ2v) is 4.38. The second kappa shape index (κ2) is 4.82. The molecule has 0 aliphatic rings. The Morgan fingerprint density at radius 3 is 2.67 bits per heavy atom. The van der Waals surface area contributed by atoms with Gasteiger partial charge in [-0.15, -0.1) is 0 Å². The number of carboxylic acid groups (broad SMARTS) is 1. The molecule has 7 nitrogen and oxygen atoms in total. The topological polar surface area (TPSA) is 89.5 Å². The molecule has 8 heteroatoms. The zero-order chi connectivity index (χ0) is 15.0. The van der Waals surface area contributed by atoms with Crippen molar-refractivity contribution < 1.29 is 14.3 Å². The first-order chi connectivity index (χ1) is 10.1. The molecule has 0 fully saturated rings. The summed E-state index contributed by atoms with van der Waals surface area (Å²) in [6.07, 6.45) is 2.38. The Balaban J connectivity index is 2.15. The van der Waals surface area contributed by atoms with Crippen LogP contribution in [-0.4, -0.2) is 30.2 Å². The van der Waals surface area contributed by atoms with Crippen LogP contribution in [0.15, 0.2) is 41.6 Å². The van der Waals surface area contributed by atoms with Gasteiger partial charge in [-0.3, -0.25) is 4.79 Å². The average Bonchev–Trinajstić information content (AvgIpc) is 2.94. The molecule has 0 bridgehead atoms. The van der Waals surface area contributed by atoms with Gasteiger partial charge in [0.2, 0.25) is 5.78 Å². The Labute approximate surface area is 116 Å². The number of hydrogen-bond acceptors (Lipinski definition) is 4. The van der Waals surface area contributed by atoms with E-state index >= 15 is 0 Å². The van der Waals surface area contributed by atoms with Crippen LogP contribution in [0.2, 0.25) is 0 Å². The van der Waals surface area contributed by atoms with Crippen LogP contribution in [0.4, 0.5) is 4.39 Å². The summed E-state index contributed by atoms with van der Waals surface area (Å²) in [5.74, 6) is -1.49. The first-order valence-corrected chi connectivity index (χ1v) is 5.97. The van der Waals surface area contributed by atoms with E-state index in [1.807, 2.05) is 0 Å². The lowest BCUT2D eigenvalue weighted by Crippen LogP contribution is -2.26. The van der Waals surface area contributed by atoms with Crippen LogP contribution in [-0.2, 0) is 6.54 Å². The fourth-order valence-corrected chi connectivity index (χ4v) is 2.01. The van der Waals surface area contributed by atoms with Crippen molar-refractivity contribution in [3.63, 3.8) is 0 Å². The summed E-state index contributed by atoms with van der Waals surface area (Å²) in [6, 6.07) is 5.75. The quantitative estimate of drug-likeness (QED) is 0.769. The van der Waals surface area contributed by atoms with Crippen molar-refractivity contribution in [1.29, 1.82) is 0 Å². The first-order valence-electron chi connectivity index (χ1n) is 5.97. The van der Waals surface area contributed by atoms with Crippen molar-refractivity contribution in [2.45, 2.75) is 6.54 Å². The molecule has 0 amide bonds. The highest BCUT2D eigenvalue weighted by Crippen LogP contribution is 2.08. The Morgan fingerprint density at radius 2 is 2.00 bits per heavy atom. The molecule has 0 spiro atoms. The average molecular weight is 288 g/mol. The lowest BCUT2D eigenvalue weighted by molar-refractivity contribution is 0.0693. The number of benzene rings is 1. The third kappa shape index (κ3) is 2.27. The molecule has 0 atom stereocenters. The summed E-state index contributed by atoms with van der Waals surface area (Å²) in [7, 11) is 0. The molecule has 21 heavy (non-hydrogen) atoms. The van der Waals surface area contributed by atoms with E-state index < -0.39 is 17.1 Å². The monoisotopic (exact) mass is 288 g/mol. The van der Waals surface area contributed by atoms with E-state index in [2.05, 4.69) is 10.1 Å². The van der Waals surface area contributed by atoms with Gasteiger partial charge in [-0.1, -0.05) is 12.1 Å². The maximum atomic E-state index is 12.9. The maximum Gasteiger partial charge on any atom is 0.342 e. The van der Waals surface area contributed by atoms with Crippen molar-refractivity contribution in [2.24, 2.45) is 0 Å². The smallest absolute Gasteiger partial charge is 0.342 e. The minimum absolute atomic E-state index is 0.217. The summed E-state index contributed by atoms with van der Waals surface area (Å²) in [6.45, 7) is 0.239. The van der Waals surface area contributed by atoms with Crippen molar-refractivity contribution in [2.75, 3.05) is 0 Å². The third-order valence-corrected chi connectivity index (χ3v) is 2.99. The minimum atomic E-state index is -1.34. The van der Waals surface area contributed by atoms with Gasteiger partial charge in [-0.2, -0.15) is 14.6 Å². The highest BCUT2D eigenvalue weighted by atomic mass is 19.1. The number of rotatable bonds is 3. The van der Waals surface area contributed by atoms with Crippen molar-refractivity contribution in [1.82, 2.24) is 19.2 Å². The molecule has 3 rings (SSSR count). The number of carboxylic acids is 1. The second-order valence-electron chi connectivity index (χ2n) is 4.38. The molecule has 2 heterocycles. The zero-order valence-corrected chi connectivity index (χ0v) is 10.6. The van der Waals surface area contributed by atoms with E-state index in [0.29, 0.717) is 0 Å². The molecule has 106 valence electrons. The Kier molecular flexibility index (Phi) is 2.98. The van der Waals surface area contributed by atoms with Crippen molar-refractivity contribution >= 4 is 11.7 Å². The number of hydrogen-bond donors (Lipinski definition) is 1. The number of carbonyl (C=O) groups is 1. The van der Waals surface area contributed by atoms with E-state index in [1.165, 1.54) is 29.2 Å². The highest BCUT2D eigenvalue weighted by molar-refractivity contribution is 5.86. The Hall–Kier alpha value is -3.03. The van der Waals surface area contributed by atoms with Gasteiger partial charge in [0.05, 0.1) is 6.54 Å². The van der Waals surface area contributed by atoms with Crippen LogP contribution in [0.25, 0.3) is 5.78 Å². The molecule has 1 aromatic carbocycles. The van der Waals surface area contributed by atoms with Gasteiger partial charge < -0.3 is 9.67 Å².